The highest BCUT2D eigenvalue weighted by atomic mass is 79.9. The van der Waals surface area contributed by atoms with Crippen LogP contribution in [0.1, 0.15) is 5.56 Å². The first-order valence-corrected chi connectivity index (χ1v) is 6.84. The zero-order valence-corrected chi connectivity index (χ0v) is 11.9. The van der Waals surface area contributed by atoms with E-state index in [-0.39, 0.29) is 5.91 Å². The smallest absolute Gasteiger partial charge is 0.236 e. The van der Waals surface area contributed by atoms with E-state index < -0.39 is 0 Å². The van der Waals surface area contributed by atoms with E-state index in [2.05, 4.69) is 31.4 Å². The summed E-state index contributed by atoms with van der Waals surface area (Å²) in [6.45, 7) is 0. The summed E-state index contributed by atoms with van der Waals surface area (Å²) in [5.74, 6) is 1.13. The van der Waals surface area contributed by atoms with Gasteiger partial charge in [-0.25, -0.2) is 0 Å². The fourth-order valence-electron chi connectivity index (χ4n) is 1.29. The van der Waals surface area contributed by atoms with Crippen LogP contribution < -0.4 is 10.1 Å². The molecular weight excluding hydrogens is 318 g/mol. The predicted molar refractivity (Wildman–Crippen MR) is 76.3 cm³/mol. The summed E-state index contributed by atoms with van der Waals surface area (Å²) < 4.78 is 5.98. The first-order chi connectivity index (χ1) is 8.69. The fraction of sp³-hybridized carbons (Fsp3) is 0.182. The van der Waals surface area contributed by atoms with Gasteiger partial charge in [0.1, 0.15) is 5.75 Å². The maximum Gasteiger partial charge on any atom is 0.236 e. The molecule has 1 heterocycles. The van der Waals surface area contributed by atoms with Crippen LogP contribution in [0.3, 0.4) is 0 Å². The summed E-state index contributed by atoms with van der Waals surface area (Å²) in [5, 5.41) is 11.0. The standard InChI is InChI=1S/C11H10BrN3O2S/c1-17-9-3-2-7(4-8(9)12)5-13-15-11-14-10(16)6-18-11/h2-5H,6H2,1H3,(H,14,15,16). The number of rotatable bonds is 3. The zero-order chi connectivity index (χ0) is 13.0. The molecule has 0 spiro atoms. The monoisotopic (exact) mass is 327 g/mol. The van der Waals surface area contributed by atoms with E-state index in [0.29, 0.717) is 10.9 Å². The number of amides is 1. The van der Waals surface area contributed by atoms with Crippen molar-refractivity contribution in [1.29, 1.82) is 0 Å². The van der Waals surface area contributed by atoms with E-state index >= 15 is 0 Å². The Morgan fingerprint density at radius 2 is 2.39 bits per heavy atom. The maximum absolute atomic E-state index is 10.9. The Morgan fingerprint density at radius 3 is 3.00 bits per heavy atom. The Bertz CT molecular complexity index is 531. The van der Waals surface area contributed by atoms with Gasteiger partial charge >= 0.3 is 0 Å². The van der Waals surface area contributed by atoms with Gasteiger partial charge in [0, 0.05) is 0 Å². The molecule has 0 radical (unpaired) electrons. The highest BCUT2D eigenvalue weighted by Gasteiger charge is 2.15. The third kappa shape index (κ3) is 3.33. The van der Waals surface area contributed by atoms with Crippen molar-refractivity contribution in [3.8, 4) is 5.75 Å². The Balaban J connectivity index is 2.05. The van der Waals surface area contributed by atoms with Crippen LogP contribution in [0.5, 0.6) is 5.75 Å². The summed E-state index contributed by atoms with van der Waals surface area (Å²) in [5.41, 5.74) is 0.890. The number of nitrogens with one attached hydrogen (secondary N) is 1. The van der Waals surface area contributed by atoms with E-state index in [1.807, 2.05) is 18.2 Å². The molecule has 2 rings (SSSR count). The molecule has 1 aromatic rings. The molecule has 7 heteroatoms. The molecule has 18 heavy (non-hydrogen) atoms. The van der Waals surface area contributed by atoms with Crippen LogP contribution in [0.15, 0.2) is 32.9 Å². The molecule has 0 saturated carbocycles. The molecule has 1 aliphatic rings. The zero-order valence-electron chi connectivity index (χ0n) is 9.51. The summed E-state index contributed by atoms with van der Waals surface area (Å²) in [6, 6.07) is 5.58. The average molecular weight is 328 g/mol. The van der Waals surface area contributed by atoms with Crippen molar-refractivity contribution in [2.75, 3.05) is 12.9 Å². The molecule has 0 atom stereocenters. The first-order valence-electron chi connectivity index (χ1n) is 5.06. The summed E-state index contributed by atoms with van der Waals surface area (Å²) in [7, 11) is 1.61. The molecule has 0 aliphatic carbocycles. The molecule has 5 nitrogen and oxygen atoms in total. The third-order valence-electron chi connectivity index (χ3n) is 2.12. The van der Waals surface area contributed by atoms with Crippen LogP contribution in [0.25, 0.3) is 0 Å². The number of ether oxygens (including phenoxy) is 1. The number of methoxy groups -OCH3 is 1. The molecule has 94 valence electrons. The number of hydrogen-bond donors (Lipinski definition) is 1. The Labute approximate surface area is 117 Å². The van der Waals surface area contributed by atoms with Crippen LogP contribution in [-0.2, 0) is 4.79 Å². The number of thioether (sulfide) groups is 1. The van der Waals surface area contributed by atoms with Gasteiger partial charge in [0.05, 0.1) is 23.5 Å². The van der Waals surface area contributed by atoms with Gasteiger partial charge in [-0.3, -0.25) is 4.79 Å². The molecule has 1 amide bonds. The summed E-state index contributed by atoms with van der Waals surface area (Å²) in [6.07, 6.45) is 1.61. The topological polar surface area (TPSA) is 63.1 Å². The minimum absolute atomic E-state index is 0.0406. The molecule has 0 bridgehead atoms. The number of carbonyl (C=O) groups excluding carboxylic acids is 1. The second-order valence-electron chi connectivity index (χ2n) is 3.38. The van der Waals surface area contributed by atoms with Crippen molar-refractivity contribution in [3.05, 3.63) is 28.2 Å². The SMILES string of the molecule is COc1ccc(C=NN=C2NC(=O)CS2)cc1Br. The molecule has 1 aromatic carbocycles. The Hall–Kier alpha value is -1.34. The van der Waals surface area contributed by atoms with Gasteiger partial charge in [0.25, 0.3) is 0 Å². The van der Waals surface area contributed by atoms with Crippen LogP contribution in [0.4, 0.5) is 0 Å². The van der Waals surface area contributed by atoms with Gasteiger partial charge in [0.2, 0.25) is 5.91 Å². The highest BCUT2D eigenvalue weighted by Crippen LogP contribution is 2.24. The quantitative estimate of drug-likeness (QED) is 0.682. The van der Waals surface area contributed by atoms with Gasteiger partial charge in [-0.2, -0.15) is 5.10 Å². The first kappa shape index (κ1) is 13.1. The van der Waals surface area contributed by atoms with Crippen LogP contribution in [-0.4, -0.2) is 30.2 Å². The normalized spacial score (nSPS) is 17.4. The molecule has 1 saturated heterocycles. The minimum Gasteiger partial charge on any atom is -0.496 e. The van der Waals surface area contributed by atoms with E-state index in [4.69, 9.17) is 4.74 Å². The summed E-state index contributed by atoms with van der Waals surface area (Å²) in [4.78, 5) is 10.9. The van der Waals surface area contributed by atoms with Gasteiger partial charge < -0.3 is 10.1 Å². The number of nitrogens with zero attached hydrogens (tertiary/aromatic N) is 2. The number of carbonyl (C=O) groups is 1. The average Bonchev–Trinajstić information content (AvgIpc) is 2.75. The van der Waals surface area contributed by atoms with E-state index in [1.165, 1.54) is 11.8 Å². The van der Waals surface area contributed by atoms with Crippen molar-refractivity contribution in [3.63, 3.8) is 0 Å². The highest BCUT2D eigenvalue weighted by molar-refractivity contribution is 9.10. The van der Waals surface area contributed by atoms with Gasteiger partial charge in [0.15, 0.2) is 5.17 Å². The lowest BCUT2D eigenvalue weighted by atomic mass is 10.2. The Morgan fingerprint density at radius 1 is 1.56 bits per heavy atom. The van der Waals surface area contributed by atoms with Crippen molar-refractivity contribution in [1.82, 2.24) is 5.32 Å². The lowest BCUT2D eigenvalue weighted by molar-refractivity contribution is -0.116. The van der Waals surface area contributed by atoms with E-state index in [1.54, 1.807) is 13.3 Å². The summed E-state index contributed by atoms with van der Waals surface area (Å²) >= 11 is 4.73. The molecule has 1 aliphatic heterocycles. The van der Waals surface area contributed by atoms with Crippen molar-refractivity contribution < 1.29 is 9.53 Å². The number of hydrogen-bond acceptors (Lipinski definition) is 5. The third-order valence-corrected chi connectivity index (χ3v) is 3.60. The largest absolute Gasteiger partial charge is 0.496 e. The number of amidine groups is 1. The van der Waals surface area contributed by atoms with E-state index in [9.17, 15) is 4.79 Å². The molecule has 0 aromatic heterocycles. The molecule has 1 fully saturated rings. The van der Waals surface area contributed by atoms with Crippen molar-refractivity contribution in [2.45, 2.75) is 0 Å². The van der Waals surface area contributed by atoms with Crippen molar-refractivity contribution >= 4 is 45.0 Å². The molecule has 0 unspecified atom stereocenters. The van der Waals surface area contributed by atoms with E-state index in [0.717, 1.165) is 15.8 Å². The number of benzene rings is 1. The van der Waals surface area contributed by atoms with Crippen LogP contribution in [0, 0.1) is 0 Å². The minimum atomic E-state index is -0.0406. The second kappa shape index (κ2) is 6.01. The lowest BCUT2D eigenvalue weighted by Gasteiger charge is -2.02. The lowest BCUT2D eigenvalue weighted by Crippen LogP contribution is -2.19. The molecule has 1 N–H and O–H groups in total. The molecular formula is C11H10BrN3O2S. The maximum atomic E-state index is 10.9. The Kier molecular flexibility index (Phi) is 4.38. The van der Waals surface area contributed by atoms with Crippen LogP contribution in [0.2, 0.25) is 0 Å². The van der Waals surface area contributed by atoms with Gasteiger partial charge in [-0.1, -0.05) is 11.8 Å². The number of halogens is 1. The fourth-order valence-corrected chi connectivity index (χ4v) is 2.48. The predicted octanol–water partition coefficient (Wildman–Crippen LogP) is 2.01. The van der Waals surface area contributed by atoms with Gasteiger partial charge in [-0.15, -0.1) is 5.10 Å². The van der Waals surface area contributed by atoms with Gasteiger partial charge in [-0.05, 0) is 39.7 Å². The van der Waals surface area contributed by atoms with Crippen molar-refractivity contribution in [2.24, 2.45) is 10.2 Å². The second-order valence-corrected chi connectivity index (χ2v) is 5.20. The van der Waals surface area contributed by atoms with Crippen LogP contribution >= 0.6 is 27.7 Å².